The third-order valence-corrected chi connectivity index (χ3v) is 6.31. The summed E-state index contributed by atoms with van der Waals surface area (Å²) in [6.07, 6.45) is 5.12. The van der Waals surface area contributed by atoms with Crippen LogP contribution in [0.15, 0.2) is 24.3 Å². The van der Waals surface area contributed by atoms with Crippen LogP contribution in [0, 0.1) is 5.92 Å². The van der Waals surface area contributed by atoms with Crippen molar-refractivity contribution in [2.24, 2.45) is 13.0 Å². The van der Waals surface area contributed by atoms with Gasteiger partial charge < -0.3 is 14.4 Å². The second-order valence-corrected chi connectivity index (χ2v) is 7.84. The normalized spacial score (nSPS) is 22.4. The van der Waals surface area contributed by atoms with Gasteiger partial charge in [0.2, 0.25) is 5.91 Å². The Hall–Kier alpha value is -1.88. The first kappa shape index (κ1) is 17.5. The molecule has 0 radical (unpaired) electrons. The Morgan fingerprint density at radius 2 is 1.92 bits per heavy atom. The number of fused-ring (bicyclic) bond motifs is 1. The highest BCUT2D eigenvalue weighted by molar-refractivity contribution is 5.78. The summed E-state index contributed by atoms with van der Waals surface area (Å²) in [5, 5.41) is 0. The van der Waals surface area contributed by atoms with Gasteiger partial charge in [-0.05, 0) is 63.4 Å². The molecule has 2 aromatic rings. The molecular weight excluding hydrogens is 324 g/mol. The molecule has 1 aromatic heterocycles. The van der Waals surface area contributed by atoms with Crippen molar-refractivity contribution in [2.75, 3.05) is 26.2 Å². The largest absolute Gasteiger partial charge is 0.332 e. The van der Waals surface area contributed by atoms with Crippen molar-refractivity contribution >= 4 is 16.9 Å². The zero-order chi connectivity index (χ0) is 18.1. The summed E-state index contributed by atoms with van der Waals surface area (Å²) in [7, 11) is 2.08. The maximum atomic E-state index is 13.1. The molecule has 5 heteroatoms. The number of likely N-dealkylation sites (tertiary alicyclic amines) is 2. The zero-order valence-corrected chi connectivity index (χ0v) is 16.0. The van der Waals surface area contributed by atoms with E-state index < -0.39 is 0 Å². The number of carbonyl (C=O) groups is 1. The van der Waals surface area contributed by atoms with E-state index in [-0.39, 0.29) is 6.04 Å². The van der Waals surface area contributed by atoms with E-state index in [1.165, 1.54) is 0 Å². The molecule has 1 aromatic carbocycles. The van der Waals surface area contributed by atoms with Crippen molar-refractivity contribution in [2.45, 2.75) is 45.1 Å². The summed E-state index contributed by atoms with van der Waals surface area (Å²) in [6, 6.07) is 8.37. The highest BCUT2D eigenvalue weighted by Crippen LogP contribution is 2.34. The zero-order valence-electron chi connectivity index (χ0n) is 16.0. The first-order valence-electron chi connectivity index (χ1n) is 10.1. The van der Waals surface area contributed by atoms with E-state index in [9.17, 15) is 4.79 Å². The molecule has 0 N–H and O–H groups in total. The van der Waals surface area contributed by atoms with Gasteiger partial charge in [-0.2, -0.15) is 0 Å². The van der Waals surface area contributed by atoms with E-state index in [0.29, 0.717) is 18.2 Å². The fraction of sp³-hybridized carbons (Fsp3) is 0.619. The third kappa shape index (κ3) is 3.25. The number of nitrogens with zero attached hydrogens (tertiary/aromatic N) is 4. The molecule has 1 unspecified atom stereocenters. The molecule has 26 heavy (non-hydrogen) atoms. The van der Waals surface area contributed by atoms with E-state index in [0.717, 1.165) is 68.7 Å². The standard InChI is InChI=1S/C21H30N4O/c1-3-24-13-10-16(11-14-24)15-20(26)25-12-6-9-19(25)21-22-17-7-4-5-8-18(17)23(21)2/h4-5,7-8,16,19H,3,6,9-15H2,1-2H3. The molecule has 2 fully saturated rings. The maximum Gasteiger partial charge on any atom is 0.223 e. The molecule has 0 spiro atoms. The average molecular weight is 354 g/mol. The Kier molecular flexibility index (Phi) is 4.98. The van der Waals surface area contributed by atoms with Gasteiger partial charge in [-0.15, -0.1) is 0 Å². The van der Waals surface area contributed by atoms with Crippen molar-refractivity contribution in [1.82, 2.24) is 19.4 Å². The first-order chi connectivity index (χ1) is 12.7. The number of rotatable bonds is 4. The monoisotopic (exact) mass is 354 g/mol. The number of hydrogen-bond acceptors (Lipinski definition) is 3. The summed E-state index contributed by atoms with van der Waals surface area (Å²) in [6.45, 7) is 6.50. The van der Waals surface area contributed by atoms with Crippen LogP contribution in [0.1, 0.15) is 50.9 Å². The van der Waals surface area contributed by atoms with Gasteiger partial charge in [0.25, 0.3) is 0 Å². The van der Waals surface area contributed by atoms with E-state index in [2.05, 4.69) is 40.5 Å². The Morgan fingerprint density at radius 3 is 2.65 bits per heavy atom. The topological polar surface area (TPSA) is 41.4 Å². The molecule has 2 saturated heterocycles. The number of aromatic nitrogens is 2. The lowest BCUT2D eigenvalue weighted by Crippen LogP contribution is -2.37. The van der Waals surface area contributed by atoms with E-state index in [1.807, 2.05) is 12.1 Å². The number of para-hydroxylation sites is 2. The second kappa shape index (κ2) is 7.39. The summed E-state index contributed by atoms with van der Waals surface area (Å²) < 4.78 is 2.17. The maximum absolute atomic E-state index is 13.1. The molecule has 0 saturated carbocycles. The molecule has 5 nitrogen and oxygen atoms in total. The first-order valence-corrected chi connectivity index (χ1v) is 10.1. The van der Waals surface area contributed by atoms with Crippen LogP contribution in [0.25, 0.3) is 11.0 Å². The molecule has 4 rings (SSSR count). The van der Waals surface area contributed by atoms with Crippen molar-refractivity contribution in [3.8, 4) is 0 Å². The van der Waals surface area contributed by atoms with Crippen molar-refractivity contribution in [3.63, 3.8) is 0 Å². The number of amides is 1. The predicted octanol–water partition coefficient (Wildman–Crippen LogP) is 3.36. The minimum atomic E-state index is 0.135. The van der Waals surface area contributed by atoms with E-state index in [1.54, 1.807) is 0 Å². The molecule has 3 heterocycles. The second-order valence-electron chi connectivity index (χ2n) is 7.84. The molecule has 0 bridgehead atoms. The fourth-order valence-corrected chi connectivity index (χ4v) is 4.67. The lowest BCUT2D eigenvalue weighted by atomic mass is 9.93. The van der Waals surface area contributed by atoms with Gasteiger partial charge in [-0.1, -0.05) is 19.1 Å². The van der Waals surface area contributed by atoms with Gasteiger partial charge in [0.15, 0.2) is 0 Å². The van der Waals surface area contributed by atoms with Crippen LogP contribution in [0.2, 0.25) is 0 Å². The van der Waals surface area contributed by atoms with Gasteiger partial charge >= 0.3 is 0 Å². The third-order valence-electron chi connectivity index (χ3n) is 6.31. The number of carbonyl (C=O) groups excluding carboxylic acids is 1. The minimum Gasteiger partial charge on any atom is -0.332 e. The Morgan fingerprint density at radius 1 is 1.15 bits per heavy atom. The van der Waals surface area contributed by atoms with Crippen LogP contribution in [-0.2, 0) is 11.8 Å². The smallest absolute Gasteiger partial charge is 0.223 e. The van der Waals surface area contributed by atoms with Crippen LogP contribution in [-0.4, -0.2) is 51.4 Å². The van der Waals surface area contributed by atoms with E-state index in [4.69, 9.17) is 4.98 Å². The molecule has 140 valence electrons. The van der Waals surface area contributed by atoms with Crippen LogP contribution < -0.4 is 0 Å². The van der Waals surface area contributed by atoms with Crippen LogP contribution in [0.5, 0.6) is 0 Å². The molecule has 1 amide bonds. The SMILES string of the molecule is CCN1CCC(CC(=O)N2CCCC2c2nc3ccccc3n2C)CC1. The molecular formula is C21H30N4O. The van der Waals surface area contributed by atoms with Crippen molar-refractivity contribution in [1.29, 1.82) is 0 Å². The van der Waals surface area contributed by atoms with Crippen LogP contribution >= 0.6 is 0 Å². The summed E-state index contributed by atoms with van der Waals surface area (Å²) >= 11 is 0. The van der Waals surface area contributed by atoms with Gasteiger partial charge in [0, 0.05) is 20.0 Å². The number of hydrogen-bond donors (Lipinski definition) is 0. The van der Waals surface area contributed by atoms with Gasteiger partial charge in [-0.25, -0.2) is 4.98 Å². The number of benzene rings is 1. The number of imidazole rings is 1. The summed E-state index contributed by atoms with van der Waals surface area (Å²) in [5.41, 5.74) is 2.17. The van der Waals surface area contributed by atoms with Gasteiger partial charge in [-0.3, -0.25) is 4.79 Å². The molecule has 1 atom stereocenters. The van der Waals surface area contributed by atoms with Crippen molar-refractivity contribution < 1.29 is 4.79 Å². The highest BCUT2D eigenvalue weighted by Gasteiger charge is 2.34. The van der Waals surface area contributed by atoms with Gasteiger partial charge in [0.05, 0.1) is 17.1 Å². The lowest BCUT2D eigenvalue weighted by Gasteiger charge is -2.32. The Balaban J connectivity index is 1.47. The number of piperidine rings is 1. The Bertz CT molecular complexity index is 775. The van der Waals surface area contributed by atoms with Crippen molar-refractivity contribution in [3.05, 3.63) is 30.1 Å². The summed E-state index contributed by atoms with van der Waals surface area (Å²) in [5.74, 6) is 1.92. The minimum absolute atomic E-state index is 0.135. The van der Waals surface area contributed by atoms with Crippen LogP contribution in [0.4, 0.5) is 0 Å². The van der Waals surface area contributed by atoms with Crippen LogP contribution in [0.3, 0.4) is 0 Å². The molecule has 2 aliphatic rings. The highest BCUT2D eigenvalue weighted by atomic mass is 16.2. The van der Waals surface area contributed by atoms with Gasteiger partial charge in [0.1, 0.15) is 5.82 Å². The molecule has 2 aliphatic heterocycles. The lowest BCUT2D eigenvalue weighted by molar-refractivity contribution is -0.133. The number of aryl methyl sites for hydroxylation is 1. The average Bonchev–Trinajstić information content (AvgIpc) is 3.27. The predicted molar refractivity (Wildman–Crippen MR) is 104 cm³/mol. The quantitative estimate of drug-likeness (QED) is 0.845. The van der Waals surface area contributed by atoms with E-state index >= 15 is 0 Å². The summed E-state index contributed by atoms with van der Waals surface area (Å²) in [4.78, 5) is 22.5. The Labute approximate surface area is 156 Å². The fourth-order valence-electron chi connectivity index (χ4n) is 4.67. The molecule has 0 aliphatic carbocycles.